The van der Waals surface area contributed by atoms with Crippen molar-refractivity contribution in [3.05, 3.63) is 57.6 Å². The summed E-state index contributed by atoms with van der Waals surface area (Å²) in [5.74, 6) is -6.87. The van der Waals surface area contributed by atoms with Crippen LogP contribution in [0.3, 0.4) is 0 Å². The fraction of sp³-hybridized carbons (Fsp3) is 0.350. The smallest absolute Gasteiger partial charge is 0.380 e. The van der Waals surface area contributed by atoms with Crippen LogP contribution in [0.5, 0.6) is 0 Å². The molecule has 1 radical (unpaired) electrons. The average molecular weight is 489 g/mol. The van der Waals surface area contributed by atoms with Crippen molar-refractivity contribution in [2.24, 2.45) is 0 Å². The van der Waals surface area contributed by atoms with Gasteiger partial charge in [-0.1, -0.05) is 23.7 Å². The lowest BCUT2D eigenvalue weighted by Crippen LogP contribution is -2.60. The summed E-state index contributed by atoms with van der Waals surface area (Å²) in [7, 11) is 1.07. The molecule has 1 atom stereocenters. The van der Waals surface area contributed by atoms with Gasteiger partial charge in [-0.05, 0) is 41.8 Å². The lowest BCUT2D eigenvalue weighted by atomic mass is 9.80. The molecule has 0 fully saturated rings. The van der Waals surface area contributed by atoms with Gasteiger partial charge >= 0.3 is 23.9 Å². The number of aryl methyl sites for hydroxylation is 1. The summed E-state index contributed by atoms with van der Waals surface area (Å²) in [6.45, 7) is 0.418. The van der Waals surface area contributed by atoms with E-state index in [1.807, 2.05) is 0 Å². The maximum absolute atomic E-state index is 15.4. The first kappa shape index (κ1) is 25.8. The van der Waals surface area contributed by atoms with Crippen LogP contribution in [-0.2, 0) is 17.0 Å². The summed E-state index contributed by atoms with van der Waals surface area (Å²) in [5.41, 5.74) is -10.6. The minimum absolute atomic E-state index is 0.0902. The molecule has 0 bridgehead atoms. The zero-order valence-electron chi connectivity index (χ0n) is 16.2. The van der Waals surface area contributed by atoms with Gasteiger partial charge in [0.1, 0.15) is 0 Å². The highest BCUT2D eigenvalue weighted by Crippen LogP contribution is 2.60. The summed E-state index contributed by atoms with van der Waals surface area (Å²) < 4.78 is 129. The SMILES string of the molecule is COCc1[c]c(C)cc(C(F)(C(F)(F)F)C(F)(F)C(F)(F)F)c1-c1ccc(C#N)cc1Cl. The molecule has 2 aromatic carbocycles. The number of halogens is 10. The van der Waals surface area contributed by atoms with E-state index in [2.05, 4.69) is 6.07 Å². The Morgan fingerprint density at radius 1 is 1.00 bits per heavy atom. The molecular weight excluding hydrogens is 477 g/mol. The maximum Gasteiger partial charge on any atom is 0.457 e. The third kappa shape index (κ3) is 4.13. The highest BCUT2D eigenvalue weighted by atomic mass is 35.5. The first-order chi connectivity index (χ1) is 14.5. The van der Waals surface area contributed by atoms with E-state index in [9.17, 15) is 35.1 Å². The van der Waals surface area contributed by atoms with E-state index >= 15 is 4.39 Å². The van der Waals surface area contributed by atoms with Gasteiger partial charge in [-0.2, -0.15) is 40.4 Å². The Labute approximate surface area is 181 Å². The molecule has 0 aliphatic rings. The van der Waals surface area contributed by atoms with Crippen LogP contribution in [0.4, 0.5) is 39.5 Å². The molecule has 1 unspecified atom stereocenters. The number of nitrogens with zero attached hydrogens (tertiary/aromatic N) is 1. The second kappa shape index (κ2) is 8.48. The predicted octanol–water partition coefficient (Wildman–Crippen LogP) is 7.06. The van der Waals surface area contributed by atoms with Crippen LogP contribution in [0.15, 0.2) is 24.3 Å². The quantitative estimate of drug-likeness (QED) is 0.422. The number of methoxy groups -OCH3 is 1. The van der Waals surface area contributed by atoms with Gasteiger partial charge in [-0.25, -0.2) is 4.39 Å². The molecular formula is C20H12ClF9NO. The Bertz CT molecular complexity index is 1060. The van der Waals surface area contributed by atoms with Crippen molar-refractivity contribution < 1.29 is 44.3 Å². The van der Waals surface area contributed by atoms with Crippen LogP contribution in [0.1, 0.15) is 22.3 Å². The van der Waals surface area contributed by atoms with Crippen molar-refractivity contribution >= 4 is 11.6 Å². The minimum atomic E-state index is -6.89. The molecule has 2 nitrogen and oxygen atoms in total. The Kier molecular flexibility index (Phi) is 6.84. The predicted molar refractivity (Wildman–Crippen MR) is 95.7 cm³/mol. The van der Waals surface area contributed by atoms with E-state index in [1.54, 1.807) is 6.07 Å². The van der Waals surface area contributed by atoms with Crippen LogP contribution in [-0.4, -0.2) is 25.4 Å². The Hall–Kier alpha value is -2.45. The molecule has 0 heterocycles. The topological polar surface area (TPSA) is 33.0 Å². The zero-order chi connectivity index (χ0) is 24.7. The van der Waals surface area contributed by atoms with Crippen LogP contribution in [0.25, 0.3) is 11.1 Å². The van der Waals surface area contributed by atoms with Gasteiger partial charge in [-0.3, -0.25) is 0 Å². The van der Waals surface area contributed by atoms with E-state index < -0.39 is 57.8 Å². The van der Waals surface area contributed by atoms with Crippen molar-refractivity contribution in [2.75, 3.05) is 7.11 Å². The van der Waals surface area contributed by atoms with E-state index in [0.29, 0.717) is 0 Å². The van der Waals surface area contributed by atoms with Crippen molar-refractivity contribution in [3.8, 4) is 17.2 Å². The number of hydrogen-bond acceptors (Lipinski definition) is 2. The molecule has 12 heteroatoms. The van der Waals surface area contributed by atoms with Crippen LogP contribution in [0, 0.1) is 24.3 Å². The standard InChI is InChI=1S/C20H12ClF9NO/c1-10-5-12(9-32-2)16(13-4-3-11(8-31)7-15(13)21)14(6-10)17(22,19(25,26)27)18(23,24)20(28,29)30/h3-4,6-7H,9H2,1-2H3. The summed E-state index contributed by atoms with van der Waals surface area (Å²) in [5, 5.41) is 8.43. The van der Waals surface area contributed by atoms with Gasteiger partial charge in [0.2, 0.25) is 0 Å². The van der Waals surface area contributed by atoms with E-state index in [1.165, 1.54) is 0 Å². The van der Waals surface area contributed by atoms with Crippen molar-refractivity contribution in [2.45, 2.75) is 37.5 Å². The van der Waals surface area contributed by atoms with E-state index in [4.69, 9.17) is 21.6 Å². The van der Waals surface area contributed by atoms with Gasteiger partial charge in [0, 0.05) is 23.3 Å². The molecule has 32 heavy (non-hydrogen) atoms. The zero-order valence-corrected chi connectivity index (χ0v) is 16.9. The molecule has 2 aromatic rings. The number of hydrogen-bond donors (Lipinski definition) is 0. The molecule has 0 saturated heterocycles. The lowest BCUT2D eigenvalue weighted by molar-refractivity contribution is -0.389. The van der Waals surface area contributed by atoms with Gasteiger partial charge in [0.05, 0.1) is 18.2 Å². The largest absolute Gasteiger partial charge is 0.457 e. The van der Waals surface area contributed by atoms with E-state index in [0.717, 1.165) is 32.2 Å². The molecule has 0 aromatic heterocycles. The van der Waals surface area contributed by atoms with Crippen molar-refractivity contribution in [1.82, 2.24) is 0 Å². The van der Waals surface area contributed by atoms with Crippen molar-refractivity contribution in [1.29, 1.82) is 5.26 Å². The molecule has 0 saturated carbocycles. The Morgan fingerprint density at radius 3 is 2.03 bits per heavy atom. The number of nitriles is 1. The molecule has 0 N–H and O–H groups in total. The third-order valence-electron chi connectivity index (χ3n) is 4.49. The number of benzene rings is 2. The summed E-state index contributed by atoms with van der Waals surface area (Å²) >= 11 is 5.98. The normalized spacial score (nSPS) is 14.7. The molecule has 0 amide bonds. The van der Waals surface area contributed by atoms with Crippen LogP contribution in [0.2, 0.25) is 5.02 Å². The average Bonchev–Trinajstić information content (AvgIpc) is 2.65. The molecule has 2 rings (SSSR count). The van der Waals surface area contributed by atoms with Gasteiger partial charge in [0.15, 0.2) is 0 Å². The van der Waals surface area contributed by atoms with E-state index in [-0.39, 0.29) is 17.2 Å². The highest BCUT2D eigenvalue weighted by Gasteiger charge is 2.82. The number of ether oxygens (including phenoxy) is 1. The Balaban J connectivity index is 3.10. The van der Waals surface area contributed by atoms with Gasteiger partial charge in [0.25, 0.3) is 0 Å². The summed E-state index contributed by atoms with van der Waals surface area (Å²) in [6, 6.07) is 7.22. The Morgan fingerprint density at radius 2 is 1.59 bits per heavy atom. The monoisotopic (exact) mass is 488 g/mol. The number of alkyl halides is 9. The van der Waals surface area contributed by atoms with Crippen LogP contribution < -0.4 is 0 Å². The highest BCUT2D eigenvalue weighted by molar-refractivity contribution is 6.33. The molecule has 0 spiro atoms. The van der Waals surface area contributed by atoms with Gasteiger partial charge < -0.3 is 4.74 Å². The summed E-state index contributed by atoms with van der Waals surface area (Å²) in [4.78, 5) is 0. The molecule has 0 aliphatic carbocycles. The van der Waals surface area contributed by atoms with Crippen LogP contribution >= 0.6 is 11.6 Å². The molecule has 0 aliphatic heterocycles. The maximum atomic E-state index is 15.4. The third-order valence-corrected chi connectivity index (χ3v) is 4.80. The second-order valence-corrected chi connectivity index (χ2v) is 7.09. The second-order valence-electron chi connectivity index (χ2n) is 6.69. The summed E-state index contributed by atoms with van der Waals surface area (Å²) in [6.07, 6.45) is -13.6. The lowest BCUT2D eigenvalue weighted by Gasteiger charge is -2.38. The van der Waals surface area contributed by atoms with Crippen molar-refractivity contribution in [3.63, 3.8) is 0 Å². The minimum Gasteiger partial charge on any atom is -0.380 e. The first-order valence-corrected chi connectivity index (χ1v) is 8.86. The van der Waals surface area contributed by atoms with Gasteiger partial charge in [-0.15, -0.1) is 0 Å². The fourth-order valence-corrected chi connectivity index (χ4v) is 3.38. The number of rotatable bonds is 5. The fourth-order valence-electron chi connectivity index (χ4n) is 3.10. The first-order valence-electron chi connectivity index (χ1n) is 8.48. The molecule has 173 valence electrons.